The number of rotatable bonds is 3. The molecule has 1 atom stereocenters. The minimum absolute atomic E-state index is 0.263. The first-order chi connectivity index (χ1) is 9.70. The van der Waals surface area contributed by atoms with E-state index in [1.54, 1.807) is 0 Å². The number of thiocarbonyl (C=S) groups is 1. The number of benzene rings is 2. The molecule has 0 radical (unpaired) electrons. The van der Waals surface area contributed by atoms with E-state index < -0.39 is 0 Å². The Morgan fingerprint density at radius 3 is 2.65 bits per heavy atom. The van der Waals surface area contributed by atoms with Crippen LogP contribution in [0.1, 0.15) is 12.0 Å². The first-order valence-electron chi connectivity index (χ1n) is 6.88. The van der Waals surface area contributed by atoms with Gasteiger partial charge in [0.15, 0.2) is 0 Å². The predicted octanol–water partition coefficient (Wildman–Crippen LogP) is 2.29. The number of nitrogens with two attached hydrogens (primary N) is 1. The van der Waals surface area contributed by atoms with Crippen LogP contribution in [0.3, 0.4) is 0 Å². The van der Waals surface area contributed by atoms with Crippen molar-refractivity contribution >= 4 is 33.7 Å². The highest BCUT2D eigenvalue weighted by Gasteiger charge is 2.23. The van der Waals surface area contributed by atoms with E-state index in [1.807, 2.05) is 18.2 Å². The average Bonchev–Trinajstić information content (AvgIpc) is 2.94. The lowest BCUT2D eigenvalue weighted by atomic mass is 10.0. The van der Waals surface area contributed by atoms with Crippen molar-refractivity contribution < 1.29 is 5.11 Å². The fourth-order valence-corrected chi connectivity index (χ4v) is 3.15. The summed E-state index contributed by atoms with van der Waals surface area (Å²) in [6.07, 6.45) is 1.04. The number of hydrogen-bond acceptors (Lipinski definition) is 3. The molecule has 1 heterocycles. The lowest BCUT2D eigenvalue weighted by molar-refractivity contribution is 0.238. The van der Waals surface area contributed by atoms with Crippen LogP contribution in [0, 0.1) is 5.92 Å². The summed E-state index contributed by atoms with van der Waals surface area (Å²) in [6, 6.07) is 12.3. The summed E-state index contributed by atoms with van der Waals surface area (Å²) in [5, 5.41) is 11.6. The van der Waals surface area contributed by atoms with E-state index in [9.17, 15) is 5.11 Å². The van der Waals surface area contributed by atoms with Gasteiger partial charge in [0.25, 0.3) is 0 Å². The Labute approximate surface area is 124 Å². The number of aliphatic hydroxyl groups excluding tert-OH is 1. The third kappa shape index (κ3) is 2.25. The fourth-order valence-electron chi connectivity index (χ4n) is 2.97. The van der Waals surface area contributed by atoms with Gasteiger partial charge in [0.05, 0.1) is 0 Å². The predicted molar refractivity (Wildman–Crippen MR) is 87.2 cm³/mol. The standard InChI is InChI=1S/C16H18N2OS/c17-16(20)14-5-6-15(13-4-2-1-3-12(13)14)18-8-7-11(9-18)10-19/h1-6,11,19H,7-10H2,(H2,17,20). The maximum Gasteiger partial charge on any atom is 0.104 e. The van der Waals surface area contributed by atoms with Gasteiger partial charge in [0.2, 0.25) is 0 Å². The van der Waals surface area contributed by atoms with E-state index in [0.29, 0.717) is 10.9 Å². The lowest BCUT2D eigenvalue weighted by Gasteiger charge is -2.21. The molecule has 2 aromatic carbocycles. The van der Waals surface area contributed by atoms with Gasteiger partial charge in [-0.2, -0.15) is 0 Å². The van der Waals surface area contributed by atoms with Gasteiger partial charge in [-0.3, -0.25) is 0 Å². The molecule has 0 saturated carbocycles. The van der Waals surface area contributed by atoms with Crippen LogP contribution in [-0.2, 0) is 0 Å². The molecule has 1 saturated heterocycles. The molecule has 1 aliphatic rings. The van der Waals surface area contributed by atoms with Crippen LogP contribution in [0.15, 0.2) is 36.4 Å². The topological polar surface area (TPSA) is 49.5 Å². The third-order valence-corrected chi connectivity index (χ3v) is 4.27. The molecule has 0 amide bonds. The molecular formula is C16H18N2OS. The van der Waals surface area contributed by atoms with Crippen molar-refractivity contribution in [3.05, 3.63) is 42.0 Å². The van der Waals surface area contributed by atoms with Crippen molar-refractivity contribution in [3.8, 4) is 0 Å². The molecule has 104 valence electrons. The van der Waals surface area contributed by atoms with Crippen molar-refractivity contribution in [2.75, 3.05) is 24.6 Å². The zero-order chi connectivity index (χ0) is 14.1. The average molecular weight is 286 g/mol. The Morgan fingerprint density at radius 1 is 1.25 bits per heavy atom. The van der Waals surface area contributed by atoms with Crippen molar-refractivity contribution in [1.29, 1.82) is 0 Å². The molecule has 0 spiro atoms. The number of hydrogen-bond donors (Lipinski definition) is 2. The van der Waals surface area contributed by atoms with E-state index in [2.05, 4.69) is 23.1 Å². The zero-order valence-corrected chi connectivity index (χ0v) is 12.1. The minimum Gasteiger partial charge on any atom is -0.396 e. The van der Waals surface area contributed by atoms with Crippen molar-refractivity contribution in [1.82, 2.24) is 0 Å². The molecule has 3 nitrogen and oxygen atoms in total. The Balaban J connectivity index is 2.09. The monoisotopic (exact) mass is 286 g/mol. The Hall–Kier alpha value is -1.65. The molecule has 4 heteroatoms. The molecule has 3 rings (SSSR count). The van der Waals surface area contributed by atoms with Crippen LogP contribution in [0.2, 0.25) is 0 Å². The Kier molecular flexibility index (Phi) is 3.59. The number of nitrogens with zero attached hydrogens (tertiary/aromatic N) is 1. The Bertz CT molecular complexity index is 656. The summed E-state index contributed by atoms with van der Waals surface area (Å²) >= 11 is 5.14. The molecule has 1 aliphatic heterocycles. The summed E-state index contributed by atoms with van der Waals surface area (Å²) in [6.45, 7) is 2.16. The van der Waals surface area contributed by atoms with Gasteiger partial charge in [0, 0.05) is 42.3 Å². The number of aliphatic hydroxyl groups is 1. The van der Waals surface area contributed by atoms with Crippen LogP contribution in [0.25, 0.3) is 10.8 Å². The first kappa shape index (κ1) is 13.3. The van der Waals surface area contributed by atoms with Crippen LogP contribution < -0.4 is 10.6 Å². The fraction of sp³-hybridized carbons (Fsp3) is 0.312. The SMILES string of the molecule is NC(=S)c1ccc(N2CCC(CO)C2)c2ccccc12. The second kappa shape index (κ2) is 5.38. The van der Waals surface area contributed by atoms with E-state index in [1.165, 1.54) is 11.1 Å². The van der Waals surface area contributed by atoms with Gasteiger partial charge in [-0.05, 0) is 23.9 Å². The number of fused-ring (bicyclic) bond motifs is 1. The molecule has 1 fully saturated rings. The van der Waals surface area contributed by atoms with Gasteiger partial charge in [0.1, 0.15) is 4.99 Å². The van der Waals surface area contributed by atoms with Crippen molar-refractivity contribution in [2.24, 2.45) is 11.7 Å². The lowest BCUT2D eigenvalue weighted by Crippen LogP contribution is -2.21. The molecule has 1 unspecified atom stereocenters. The highest BCUT2D eigenvalue weighted by Crippen LogP contribution is 2.32. The highest BCUT2D eigenvalue weighted by molar-refractivity contribution is 7.80. The van der Waals surface area contributed by atoms with Gasteiger partial charge in [-0.25, -0.2) is 0 Å². The molecular weight excluding hydrogens is 268 g/mol. The van der Waals surface area contributed by atoms with Crippen LogP contribution >= 0.6 is 12.2 Å². The van der Waals surface area contributed by atoms with E-state index in [0.717, 1.165) is 30.5 Å². The van der Waals surface area contributed by atoms with Gasteiger partial charge >= 0.3 is 0 Å². The highest BCUT2D eigenvalue weighted by atomic mass is 32.1. The minimum atomic E-state index is 0.263. The molecule has 0 bridgehead atoms. The van der Waals surface area contributed by atoms with E-state index in [-0.39, 0.29) is 6.61 Å². The van der Waals surface area contributed by atoms with Crippen molar-refractivity contribution in [3.63, 3.8) is 0 Å². The normalized spacial score (nSPS) is 18.6. The van der Waals surface area contributed by atoms with Crippen molar-refractivity contribution in [2.45, 2.75) is 6.42 Å². The van der Waals surface area contributed by atoms with Gasteiger partial charge < -0.3 is 15.7 Å². The first-order valence-corrected chi connectivity index (χ1v) is 7.29. The van der Waals surface area contributed by atoms with Crippen LogP contribution in [0.5, 0.6) is 0 Å². The van der Waals surface area contributed by atoms with E-state index in [4.69, 9.17) is 18.0 Å². The second-order valence-electron chi connectivity index (χ2n) is 5.33. The Morgan fingerprint density at radius 2 is 2.00 bits per heavy atom. The third-order valence-electron chi connectivity index (χ3n) is 4.05. The molecule has 2 aromatic rings. The largest absolute Gasteiger partial charge is 0.396 e. The number of anilines is 1. The summed E-state index contributed by atoms with van der Waals surface area (Å²) < 4.78 is 0. The quantitative estimate of drug-likeness (QED) is 0.850. The molecule has 0 aliphatic carbocycles. The van der Waals surface area contributed by atoms with Gasteiger partial charge in [-0.1, -0.05) is 36.5 Å². The smallest absolute Gasteiger partial charge is 0.104 e. The maximum absolute atomic E-state index is 9.30. The summed E-state index contributed by atoms with van der Waals surface area (Å²) in [4.78, 5) is 2.77. The summed E-state index contributed by atoms with van der Waals surface area (Å²) in [7, 11) is 0. The van der Waals surface area contributed by atoms with E-state index >= 15 is 0 Å². The van der Waals surface area contributed by atoms with Gasteiger partial charge in [-0.15, -0.1) is 0 Å². The van der Waals surface area contributed by atoms with Crippen LogP contribution in [-0.4, -0.2) is 29.8 Å². The molecule has 20 heavy (non-hydrogen) atoms. The summed E-state index contributed by atoms with van der Waals surface area (Å²) in [5.41, 5.74) is 7.94. The molecule has 0 aromatic heterocycles. The second-order valence-corrected chi connectivity index (χ2v) is 5.77. The molecule has 3 N–H and O–H groups in total. The summed E-state index contributed by atoms with van der Waals surface area (Å²) in [5.74, 6) is 0.379. The van der Waals surface area contributed by atoms with Crippen LogP contribution in [0.4, 0.5) is 5.69 Å². The maximum atomic E-state index is 9.30. The zero-order valence-electron chi connectivity index (χ0n) is 11.2.